The Balaban J connectivity index is 0. The molecule has 0 saturated carbocycles. The summed E-state index contributed by atoms with van der Waals surface area (Å²) in [7, 11) is 2.19. The zero-order valence-electron chi connectivity index (χ0n) is 26.9. The average Bonchev–Trinajstić information content (AvgIpc) is 2.82. The maximum absolute atomic E-state index is 5.25. The molecule has 35 heavy (non-hydrogen) atoms. The molecule has 0 aromatic rings. The number of piperazine rings is 1. The van der Waals surface area contributed by atoms with E-state index in [1.165, 1.54) is 58.5 Å². The molecule has 3 aliphatic heterocycles. The Hall–Kier alpha value is -0.200. The molecule has 5 nitrogen and oxygen atoms in total. The summed E-state index contributed by atoms with van der Waals surface area (Å²) in [6.45, 7) is 40.0. The number of likely N-dealkylation sites (N-methyl/N-ethyl adjacent to an activating group) is 1. The van der Waals surface area contributed by atoms with E-state index in [9.17, 15) is 0 Å². The van der Waals surface area contributed by atoms with Crippen molar-refractivity contribution in [3.05, 3.63) is 0 Å². The van der Waals surface area contributed by atoms with Gasteiger partial charge in [-0.05, 0) is 95.3 Å². The summed E-state index contributed by atoms with van der Waals surface area (Å²) in [5.74, 6) is 0. The van der Waals surface area contributed by atoms with Gasteiger partial charge in [-0.15, -0.1) is 0 Å². The van der Waals surface area contributed by atoms with Crippen LogP contribution in [-0.4, -0.2) is 109 Å². The van der Waals surface area contributed by atoms with Gasteiger partial charge in [-0.1, -0.05) is 34.1 Å². The van der Waals surface area contributed by atoms with Crippen LogP contribution in [0.1, 0.15) is 109 Å². The van der Waals surface area contributed by atoms with Crippen LogP contribution in [0, 0.1) is 0 Å². The highest BCUT2D eigenvalue weighted by atomic mass is 16.5. The van der Waals surface area contributed by atoms with E-state index in [0.29, 0.717) is 16.6 Å². The highest BCUT2D eigenvalue weighted by Crippen LogP contribution is 2.19. The highest BCUT2D eigenvalue weighted by Gasteiger charge is 2.24. The van der Waals surface area contributed by atoms with E-state index in [1.807, 2.05) is 27.7 Å². The molecule has 0 unspecified atom stereocenters. The molecule has 3 heterocycles. The van der Waals surface area contributed by atoms with Crippen LogP contribution in [-0.2, 0) is 4.74 Å². The van der Waals surface area contributed by atoms with Gasteiger partial charge < -0.3 is 9.64 Å². The fourth-order valence-electron chi connectivity index (χ4n) is 4.28. The summed E-state index contributed by atoms with van der Waals surface area (Å²) >= 11 is 0. The highest BCUT2D eigenvalue weighted by molar-refractivity contribution is 4.81. The van der Waals surface area contributed by atoms with Gasteiger partial charge in [-0.25, -0.2) is 0 Å². The van der Waals surface area contributed by atoms with Crippen molar-refractivity contribution in [2.75, 3.05) is 72.6 Å². The quantitative estimate of drug-likeness (QED) is 0.379. The molecule has 3 aliphatic rings. The fourth-order valence-corrected chi connectivity index (χ4v) is 4.28. The molecule has 3 fully saturated rings. The van der Waals surface area contributed by atoms with E-state index in [0.717, 1.165) is 26.3 Å². The Morgan fingerprint density at radius 1 is 0.429 bits per heavy atom. The molecule has 0 N–H and O–H groups in total. The normalized spacial score (nSPS) is 21.1. The van der Waals surface area contributed by atoms with Gasteiger partial charge in [0.2, 0.25) is 0 Å². The van der Waals surface area contributed by atoms with Crippen LogP contribution in [0.2, 0.25) is 0 Å². The lowest BCUT2D eigenvalue weighted by atomic mass is 10.0. The van der Waals surface area contributed by atoms with Crippen molar-refractivity contribution in [3.8, 4) is 0 Å². The van der Waals surface area contributed by atoms with E-state index in [2.05, 4.69) is 89.0 Å². The van der Waals surface area contributed by atoms with Crippen molar-refractivity contribution in [3.63, 3.8) is 0 Å². The van der Waals surface area contributed by atoms with Crippen LogP contribution >= 0.6 is 0 Å². The molecule has 0 aromatic heterocycles. The SMILES string of the molecule is CC.CC.CC(C)(C)N1CCCCC1.CC(C)(C)N1CCOCC1.CN1CCN(C(C)(C)C)CC1. The van der Waals surface area contributed by atoms with Gasteiger partial charge in [0.25, 0.3) is 0 Å². The maximum Gasteiger partial charge on any atom is 0.0594 e. The topological polar surface area (TPSA) is 22.2 Å². The molecule has 214 valence electrons. The third kappa shape index (κ3) is 17.8. The second-order valence-corrected chi connectivity index (χ2v) is 12.4. The Morgan fingerprint density at radius 3 is 1.03 bits per heavy atom. The smallest absolute Gasteiger partial charge is 0.0594 e. The maximum atomic E-state index is 5.25. The lowest BCUT2D eigenvalue weighted by Crippen LogP contribution is -2.52. The minimum atomic E-state index is 0.323. The largest absolute Gasteiger partial charge is 0.379 e. The van der Waals surface area contributed by atoms with Gasteiger partial charge in [-0.2, -0.15) is 0 Å². The van der Waals surface area contributed by atoms with Crippen molar-refractivity contribution in [1.82, 2.24) is 19.6 Å². The lowest BCUT2D eigenvalue weighted by Gasteiger charge is -2.41. The van der Waals surface area contributed by atoms with Gasteiger partial charge in [0.15, 0.2) is 0 Å². The average molecular weight is 501 g/mol. The van der Waals surface area contributed by atoms with Crippen molar-refractivity contribution < 1.29 is 4.74 Å². The molecular weight excluding hydrogens is 432 g/mol. The van der Waals surface area contributed by atoms with Crippen LogP contribution in [0.4, 0.5) is 0 Å². The number of nitrogens with zero attached hydrogens (tertiary/aromatic N) is 4. The third-order valence-corrected chi connectivity index (χ3v) is 6.72. The van der Waals surface area contributed by atoms with E-state index in [4.69, 9.17) is 4.74 Å². The molecule has 0 aromatic carbocycles. The Kier molecular flexibility index (Phi) is 20.0. The molecule has 3 saturated heterocycles. The molecule has 0 amide bonds. The Morgan fingerprint density at radius 2 is 0.743 bits per heavy atom. The Bertz CT molecular complexity index is 428. The summed E-state index contributed by atoms with van der Waals surface area (Å²) in [5, 5.41) is 0. The van der Waals surface area contributed by atoms with Gasteiger partial charge in [0.05, 0.1) is 13.2 Å². The van der Waals surface area contributed by atoms with E-state index in [-0.39, 0.29) is 0 Å². The molecular formula is C30H68N4O. The summed E-state index contributed by atoms with van der Waals surface area (Å²) in [5.41, 5.74) is 1.09. The number of piperidine rings is 1. The van der Waals surface area contributed by atoms with Crippen LogP contribution in [0.3, 0.4) is 0 Å². The third-order valence-electron chi connectivity index (χ3n) is 6.72. The standard InChI is InChI=1S/C9H20N2.C9H19N.C8H17NO.2C2H6/c1-9(2,3)11-7-5-10(4)6-8-11;1-9(2,3)10-7-5-4-6-8-10;1-8(2,3)9-4-6-10-7-5-9;2*1-2/h5-8H2,1-4H3;4-8H2,1-3H3;4-7H2,1-3H3;2*1-2H3. The van der Waals surface area contributed by atoms with Gasteiger partial charge in [0.1, 0.15) is 0 Å². The molecule has 0 bridgehead atoms. The first-order chi connectivity index (χ1) is 16.2. The number of likely N-dealkylation sites (tertiary alicyclic amines) is 1. The first-order valence-corrected chi connectivity index (χ1v) is 14.7. The van der Waals surface area contributed by atoms with Crippen molar-refractivity contribution in [2.45, 2.75) is 126 Å². The minimum Gasteiger partial charge on any atom is -0.379 e. The summed E-state index contributed by atoms with van der Waals surface area (Å²) in [6, 6.07) is 0. The number of ether oxygens (including phenoxy) is 1. The second-order valence-electron chi connectivity index (χ2n) is 12.4. The molecule has 0 atom stereocenters. The van der Waals surface area contributed by atoms with Crippen molar-refractivity contribution in [2.24, 2.45) is 0 Å². The van der Waals surface area contributed by atoms with Crippen LogP contribution in [0.15, 0.2) is 0 Å². The first-order valence-electron chi connectivity index (χ1n) is 14.7. The summed E-state index contributed by atoms with van der Waals surface area (Å²) in [6.07, 6.45) is 4.24. The number of morpholine rings is 1. The number of hydrogen-bond donors (Lipinski definition) is 0. The molecule has 0 spiro atoms. The van der Waals surface area contributed by atoms with Crippen molar-refractivity contribution >= 4 is 0 Å². The van der Waals surface area contributed by atoms with E-state index < -0.39 is 0 Å². The molecule has 3 rings (SSSR count). The second kappa shape index (κ2) is 19.0. The van der Waals surface area contributed by atoms with Crippen LogP contribution in [0.25, 0.3) is 0 Å². The first kappa shape index (κ1) is 37.0. The lowest BCUT2D eigenvalue weighted by molar-refractivity contribution is -0.00389. The predicted octanol–water partition coefficient (Wildman–Crippen LogP) is 6.47. The van der Waals surface area contributed by atoms with Crippen LogP contribution < -0.4 is 0 Å². The van der Waals surface area contributed by atoms with Gasteiger partial charge in [0, 0.05) is 55.9 Å². The monoisotopic (exact) mass is 501 g/mol. The Labute approximate surface area is 222 Å². The van der Waals surface area contributed by atoms with Gasteiger partial charge in [-0.3, -0.25) is 14.7 Å². The summed E-state index contributed by atoms with van der Waals surface area (Å²) in [4.78, 5) is 9.97. The van der Waals surface area contributed by atoms with E-state index in [1.54, 1.807) is 0 Å². The predicted molar refractivity (Wildman–Crippen MR) is 159 cm³/mol. The minimum absolute atomic E-state index is 0.323. The summed E-state index contributed by atoms with van der Waals surface area (Å²) < 4.78 is 5.25. The molecule has 5 heteroatoms. The van der Waals surface area contributed by atoms with Gasteiger partial charge >= 0.3 is 0 Å². The fraction of sp³-hybridized carbons (Fsp3) is 1.00. The van der Waals surface area contributed by atoms with E-state index >= 15 is 0 Å². The van der Waals surface area contributed by atoms with Crippen molar-refractivity contribution in [1.29, 1.82) is 0 Å². The van der Waals surface area contributed by atoms with Crippen LogP contribution in [0.5, 0.6) is 0 Å². The zero-order chi connectivity index (χ0) is 27.7. The number of rotatable bonds is 0. The zero-order valence-corrected chi connectivity index (χ0v) is 26.9. The number of hydrogen-bond acceptors (Lipinski definition) is 5. The molecule has 0 aliphatic carbocycles. The molecule has 0 radical (unpaired) electrons.